The predicted octanol–water partition coefficient (Wildman–Crippen LogP) is 3.54. The van der Waals surface area contributed by atoms with Crippen LogP contribution >= 0.6 is 11.6 Å². The SMILES string of the molecule is O=C(/C=C/c1cc(Cl)c2c(c1)OCO2)NCc1cccc(F)c1. The van der Waals surface area contributed by atoms with Crippen molar-refractivity contribution in [2.24, 2.45) is 0 Å². The Hall–Kier alpha value is -2.53. The predicted molar refractivity (Wildman–Crippen MR) is 84.9 cm³/mol. The molecule has 0 saturated carbocycles. The second-order valence-electron chi connectivity index (χ2n) is 4.92. The van der Waals surface area contributed by atoms with Crippen molar-refractivity contribution in [2.45, 2.75) is 6.54 Å². The van der Waals surface area contributed by atoms with E-state index in [4.69, 9.17) is 21.1 Å². The van der Waals surface area contributed by atoms with Crippen LogP contribution in [-0.4, -0.2) is 12.7 Å². The molecule has 2 aromatic carbocycles. The van der Waals surface area contributed by atoms with Gasteiger partial charge in [-0.2, -0.15) is 0 Å². The van der Waals surface area contributed by atoms with E-state index in [1.807, 2.05) is 0 Å². The zero-order valence-corrected chi connectivity index (χ0v) is 12.8. The lowest BCUT2D eigenvalue weighted by Gasteiger charge is -2.03. The molecule has 0 radical (unpaired) electrons. The number of fused-ring (bicyclic) bond motifs is 1. The molecular formula is C17H13ClFNO3. The third-order valence-electron chi connectivity index (χ3n) is 3.23. The first-order chi connectivity index (χ1) is 11.1. The Balaban J connectivity index is 1.61. The first-order valence-electron chi connectivity index (χ1n) is 6.91. The fraction of sp³-hybridized carbons (Fsp3) is 0.118. The molecule has 0 fully saturated rings. The molecule has 0 aliphatic carbocycles. The van der Waals surface area contributed by atoms with E-state index in [1.165, 1.54) is 18.2 Å². The summed E-state index contributed by atoms with van der Waals surface area (Å²) in [6, 6.07) is 9.50. The number of carbonyl (C=O) groups excluding carboxylic acids is 1. The smallest absolute Gasteiger partial charge is 0.244 e. The number of benzene rings is 2. The molecular weight excluding hydrogens is 321 g/mol. The van der Waals surface area contributed by atoms with Gasteiger partial charge in [-0.05, 0) is 41.5 Å². The molecule has 0 saturated heterocycles. The van der Waals surface area contributed by atoms with Crippen LogP contribution in [0.25, 0.3) is 6.08 Å². The highest BCUT2D eigenvalue weighted by Gasteiger charge is 2.17. The molecule has 1 amide bonds. The van der Waals surface area contributed by atoms with Gasteiger partial charge in [-0.3, -0.25) is 4.79 Å². The molecule has 1 heterocycles. The number of nitrogens with one attached hydrogen (secondary N) is 1. The van der Waals surface area contributed by atoms with Crippen LogP contribution in [-0.2, 0) is 11.3 Å². The maximum Gasteiger partial charge on any atom is 0.244 e. The van der Waals surface area contributed by atoms with Crippen molar-refractivity contribution < 1.29 is 18.7 Å². The number of hydrogen-bond acceptors (Lipinski definition) is 3. The van der Waals surface area contributed by atoms with E-state index in [0.29, 0.717) is 22.1 Å². The Labute approximate surface area is 137 Å². The molecule has 0 aromatic heterocycles. The number of amides is 1. The average molecular weight is 334 g/mol. The van der Waals surface area contributed by atoms with Crippen LogP contribution in [0.4, 0.5) is 4.39 Å². The average Bonchev–Trinajstić information content (AvgIpc) is 3.00. The first-order valence-corrected chi connectivity index (χ1v) is 7.29. The summed E-state index contributed by atoms with van der Waals surface area (Å²) in [6.45, 7) is 0.388. The molecule has 0 unspecified atom stereocenters. The highest BCUT2D eigenvalue weighted by Crippen LogP contribution is 2.40. The van der Waals surface area contributed by atoms with E-state index >= 15 is 0 Å². The summed E-state index contributed by atoms with van der Waals surface area (Å²) in [5, 5.41) is 3.11. The molecule has 6 heteroatoms. The molecule has 1 aliphatic heterocycles. The molecule has 3 rings (SSSR count). The molecule has 0 bridgehead atoms. The van der Waals surface area contributed by atoms with Crippen LogP contribution < -0.4 is 14.8 Å². The third kappa shape index (κ3) is 3.81. The second-order valence-corrected chi connectivity index (χ2v) is 5.32. The van der Waals surface area contributed by atoms with Gasteiger partial charge in [0.2, 0.25) is 12.7 Å². The Bertz CT molecular complexity index is 776. The van der Waals surface area contributed by atoms with Crippen molar-refractivity contribution in [2.75, 3.05) is 6.79 Å². The Morgan fingerprint density at radius 3 is 3.00 bits per heavy atom. The van der Waals surface area contributed by atoms with Crippen molar-refractivity contribution in [1.82, 2.24) is 5.32 Å². The summed E-state index contributed by atoms with van der Waals surface area (Å²) in [7, 11) is 0. The van der Waals surface area contributed by atoms with Gasteiger partial charge in [0, 0.05) is 12.6 Å². The lowest BCUT2D eigenvalue weighted by molar-refractivity contribution is -0.116. The minimum absolute atomic E-state index is 0.135. The molecule has 2 aromatic rings. The minimum atomic E-state index is -0.331. The maximum atomic E-state index is 13.0. The molecule has 23 heavy (non-hydrogen) atoms. The van der Waals surface area contributed by atoms with Crippen molar-refractivity contribution in [1.29, 1.82) is 0 Å². The van der Waals surface area contributed by atoms with Crippen molar-refractivity contribution in [3.05, 3.63) is 64.4 Å². The molecule has 118 valence electrons. The molecule has 1 aliphatic rings. The minimum Gasteiger partial charge on any atom is -0.454 e. The summed E-state index contributed by atoms with van der Waals surface area (Å²) < 4.78 is 23.5. The van der Waals surface area contributed by atoms with Crippen LogP contribution in [0.3, 0.4) is 0 Å². The Kier molecular flexibility index (Phi) is 4.48. The molecule has 0 spiro atoms. The van der Waals surface area contributed by atoms with Gasteiger partial charge in [0.25, 0.3) is 0 Å². The van der Waals surface area contributed by atoms with E-state index in [2.05, 4.69) is 5.32 Å². The van der Waals surface area contributed by atoms with Gasteiger partial charge in [0.05, 0.1) is 5.02 Å². The lowest BCUT2D eigenvalue weighted by atomic mass is 10.2. The molecule has 1 N–H and O–H groups in total. The maximum absolute atomic E-state index is 13.0. The van der Waals surface area contributed by atoms with Gasteiger partial charge >= 0.3 is 0 Å². The van der Waals surface area contributed by atoms with Crippen LogP contribution in [0.5, 0.6) is 11.5 Å². The summed E-state index contributed by atoms with van der Waals surface area (Å²) in [4.78, 5) is 11.8. The van der Waals surface area contributed by atoms with Gasteiger partial charge < -0.3 is 14.8 Å². The summed E-state index contributed by atoms with van der Waals surface area (Å²) in [6.07, 6.45) is 3.00. The standard InChI is InChI=1S/C17H13ClFNO3/c18-14-7-11(8-15-17(14)23-10-22-15)4-5-16(21)20-9-12-2-1-3-13(19)6-12/h1-8H,9-10H2,(H,20,21)/b5-4+. The fourth-order valence-corrected chi connectivity index (χ4v) is 2.42. The van der Waals surface area contributed by atoms with Crippen LogP contribution in [0.1, 0.15) is 11.1 Å². The van der Waals surface area contributed by atoms with Crippen LogP contribution in [0, 0.1) is 5.82 Å². The second kappa shape index (κ2) is 6.71. The zero-order chi connectivity index (χ0) is 16.2. The summed E-state index contributed by atoms with van der Waals surface area (Å²) in [5.41, 5.74) is 1.41. The number of rotatable bonds is 4. The molecule has 4 nitrogen and oxygen atoms in total. The fourth-order valence-electron chi connectivity index (χ4n) is 2.15. The Morgan fingerprint density at radius 1 is 1.30 bits per heavy atom. The van der Waals surface area contributed by atoms with Gasteiger partial charge in [-0.15, -0.1) is 0 Å². The summed E-state index contributed by atoms with van der Waals surface area (Å²) in [5.74, 6) is 0.446. The van der Waals surface area contributed by atoms with E-state index < -0.39 is 0 Å². The quantitative estimate of drug-likeness (QED) is 0.871. The Morgan fingerprint density at radius 2 is 2.17 bits per heavy atom. The van der Waals surface area contributed by atoms with E-state index in [1.54, 1.807) is 30.3 Å². The van der Waals surface area contributed by atoms with E-state index in [0.717, 1.165) is 5.56 Å². The largest absolute Gasteiger partial charge is 0.454 e. The topological polar surface area (TPSA) is 47.6 Å². The number of halogens is 2. The summed E-state index contributed by atoms with van der Waals surface area (Å²) >= 11 is 6.07. The van der Waals surface area contributed by atoms with Gasteiger partial charge in [0.1, 0.15) is 5.82 Å². The zero-order valence-electron chi connectivity index (χ0n) is 12.0. The highest BCUT2D eigenvalue weighted by molar-refractivity contribution is 6.32. The van der Waals surface area contributed by atoms with E-state index in [9.17, 15) is 9.18 Å². The van der Waals surface area contributed by atoms with E-state index in [-0.39, 0.29) is 25.1 Å². The number of carbonyl (C=O) groups is 1. The third-order valence-corrected chi connectivity index (χ3v) is 3.51. The molecule has 0 atom stereocenters. The first kappa shape index (κ1) is 15.4. The lowest BCUT2D eigenvalue weighted by Crippen LogP contribution is -2.20. The normalized spacial score (nSPS) is 12.6. The van der Waals surface area contributed by atoms with Crippen molar-refractivity contribution >= 4 is 23.6 Å². The van der Waals surface area contributed by atoms with Crippen molar-refractivity contribution in [3.63, 3.8) is 0 Å². The van der Waals surface area contributed by atoms with Crippen molar-refractivity contribution in [3.8, 4) is 11.5 Å². The van der Waals surface area contributed by atoms with Gasteiger partial charge in [-0.1, -0.05) is 23.7 Å². The highest BCUT2D eigenvalue weighted by atomic mass is 35.5. The van der Waals surface area contributed by atoms with Gasteiger partial charge in [-0.25, -0.2) is 4.39 Å². The monoisotopic (exact) mass is 333 g/mol. The number of hydrogen-bond donors (Lipinski definition) is 1. The van der Waals surface area contributed by atoms with Gasteiger partial charge in [0.15, 0.2) is 11.5 Å². The van der Waals surface area contributed by atoms with Crippen LogP contribution in [0.15, 0.2) is 42.5 Å². The number of ether oxygens (including phenoxy) is 2. The van der Waals surface area contributed by atoms with Crippen LogP contribution in [0.2, 0.25) is 5.02 Å².